The third kappa shape index (κ3) is 1.46. The molecule has 0 aliphatic heterocycles. The summed E-state index contributed by atoms with van der Waals surface area (Å²) in [6.45, 7) is 4.01. The number of ether oxygens (including phenoxy) is 2. The van der Waals surface area contributed by atoms with Crippen LogP contribution in [0.25, 0.3) is 0 Å². The Morgan fingerprint density at radius 1 is 0.808 bits per heavy atom. The summed E-state index contributed by atoms with van der Waals surface area (Å²) in [7, 11) is 0. The highest BCUT2D eigenvalue weighted by Crippen LogP contribution is 2.93. The lowest BCUT2D eigenvalue weighted by molar-refractivity contribution is -0.207. The Labute approximate surface area is 179 Å². The summed E-state index contributed by atoms with van der Waals surface area (Å²) in [4.78, 5) is 26.9. The first-order chi connectivity index (χ1) is 12.3. The number of hydrogen-bond donors (Lipinski definition) is 2. The van der Waals surface area contributed by atoms with Gasteiger partial charge in [0.1, 0.15) is 0 Å². The summed E-state index contributed by atoms with van der Waals surface area (Å²) in [6.07, 6.45) is -1.24. The summed E-state index contributed by atoms with van der Waals surface area (Å²) in [5.74, 6) is -1.35. The SMILES string of the molecule is CCOC(=O)C12C3C(O)C(I)C4C3C3C(C(O)C(I)C31)C42C(=O)OCC. The van der Waals surface area contributed by atoms with Crippen molar-refractivity contribution in [3.05, 3.63) is 0 Å². The molecule has 2 N–H and O–H groups in total. The normalized spacial score (nSPS) is 60.1. The number of alkyl halides is 2. The highest BCUT2D eigenvalue weighted by Gasteiger charge is 3.00. The second-order valence-corrected chi connectivity index (χ2v) is 11.2. The molecule has 6 aliphatic carbocycles. The van der Waals surface area contributed by atoms with Crippen LogP contribution in [0.4, 0.5) is 0 Å². The van der Waals surface area contributed by atoms with Crippen molar-refractivity contribution in [2.75, 3.05) is 13.2 Å². The fourth-order valence-corrected chi connectivity index (χ4v) is 11.3. The second-order valence-electron chi connectivity index (χ2n) is 8.31. The van der Waals surface area contributed by atoms with Crippen molar-refractivity contribution in [2.45, 2.75) is 33.9 Å². The van der Waals surface area contributed by atoms with Crippen LogP contribution >= 0.6 is 45.2 Å². The Kier molecular flexibility index (Phi) is 3.86. The predicted molar refractivity (Wildman–Crippen MR) is 107 cm³/mol. The minimum atomic E-state index is -1.05. The molecule has 0 aromatic heterocycles. The lowest BCUT2D eigenvalue weighted by Gasteiger charge is -2.56. The fraction of sp³-hybridized carbons (Fsp3) is 0.889. The van der Waals surface area contributed by atoms with Crippen LogP contribution in [0.3, 0.4) is 0 Å². The van der Waals surface area contributed by atoms with Crippen molar-refractivity contribution >= 4 is 57.1 Å². The largest absolute Gasteiger partial charge is 0.466 e. The standard InChI is InChI=1S/C18H22I2O6/c1-3-25-15(23)17-7-5-6-8(12(20)13(21)9(6)17)18(17,16(24)26-4-2)10(5)14(22)11(7)19/h5-14,21-22H,3-4H2,1-2H3. The first kappa shape index (κ1) is 18.4. The van der Waals surface area contributed by atoms with Gasteiger partial charge in [0.05, 0.1) is 36.3 Å². The van der Waals surface area contributed by atoms with Gasteiger partial charge in [-0.3, -0.25) is 9.59 Å². The number of carbonyl (C=O) groups excluding carboxylic acids is 2. The van der Waals surface area contributed by atoms with E-state index >= 15 is 0 Å². The van der Waals surface area contributed by atoms with Gasteiger partial charge in [-0.15, -0.1) is 0 Å². The van der Waals surface area contributed by atoms with Crippen molar-refractivity contribution in [1.82, 2.24) is 0 Å². The Bertz CT molecular complexity index is 607. The maximum Gasteiger partial charge on any atom is 0.313 e. The van der Waals surface area contributed by atoms with Gasteiger partial charge in [0, 0.05) is 19.7 Å². The molecule has 0 amide bonds. The van der Waals surface area contributed by atoms with Gasteiger partial charge in [-0.05, 0) is 37.5 Å². The Hall–Kier alpha value is 0.320. The minimum Gasteiger partial charge on any atom is -0.466 e. The van der Waals surface area contributed by atoms with Crippen molar-refractivity contribution < 1.29 is 29.3 Å². The van der Waals surface area contributed by atoms with Crippen LogP contribution in [0.2, 0.25) is 0 Å². The second kappa shape index (κ2) is 5.47. The molecule has 0 aromatic carbocycles. The fourth-order valence-electron chi connectivity index (χ4n) is 8.29. The van der Waals surface area contributed by atoms with Crippen LogP contribution in [0.1, 0.15) is 13.8 Å². The van der Waals surface area contributed by atoms with Crippen LogP contribution in [0.5, 0.6) is 0 Å². The lowest BCUT2D eigenvalue weighted by atomic mass is 9.49. The van der Waals surface area contributed by atoms with E-state index < -0.39 is 23.0 Å². The summed E-state index contributed by atoms with van der Waals surface area (Å²) in [6, 6.07) is 0. The summed E-state index contributed by atoms with van der Waals surface area (Å²) >= 11 is 4.47. The average molecular weight is 588 g/mol. The van der Waals surface area contributed by atoms with E-state index in [1.165, 1.54) is 0 Å². The maximum absolute atomic E-state index is 13.4. The zero-order chi connectivity index (χ0) is 18.8. The molecular weight excluding hydrogens is 566 g/mol. The maximum atomic E-state index is 13.4. The molecule has 26 heavy (non-hydrogen) atoms. The number of rotatable bonds is 4. The quantitative estimate of drug-likeness (QED) is 0.292. The van der Waals surface area contributed by atoms with Gasteiger partial charge in [-0.25, -0.2) is 0 Å². The molecule has 8 bridgehead atoms. The molecule has 12 unspecified atom stereocenters. The molecule has 8 heteroatoms. The monoisotopic (exact) mass is 588 g/mol. The molecule has 6 rings (SSSR count). The third-order valence-electron chi connectivity index (χ3n) is 8.19. The molecule has 6 fully saturated rings. The zero-order valence-electron chi connectivity index (χ0n) is 14.5. The number of halogens is 2. The molecule has 6 aliphatic rings. The number of carbonyl (C=O) groups is 2. The van der Waals surface area contributed by atoms with Crippen molar-refractivity contribution in [1.29, 1.82) is 0 Å². The van der Waals surface area contributed by atoms with E-state index in [1.807, 2.05) is 0 Å². The highest BCUT2D eigenvalue weighted by molar-refractivity contribution is 14.1. The molecule has 144 valence electrons. The van der Waals surface area contributed by atoms with E-state index in [2.05, 4.69) is 45.2 Å². The third-order valence-corrected chi connectivity index (χ3v) is 11.2. The van der Waals surface area contributed by atoms with Gasteiger partial charge in [0.15, 0.2) is 0 Å². The molecule has 6 nitrogen and oxygen atoms in total. The summed E-state index contributed by atoms with van der Waals surface area (Å²) < 4.78 is 10.8. The Balaban J connectivity index is 1.78. The van der Waals surface area contributed by atoms with Gasteiger partial charge in [0.2, 0.25) is 0 Å². The first-order valence-electron chi connectivity index (χ1n) is 9.33. The Morgan fingerprint density at radius 3 is 1.46 bits per heavy atom. The van der Waals surface area contributed by atoms with Crippen LogP contribution in [0, 0.1) is 46.3 Å². The van der Waals surface area contributed by atoms with E-state index in [9.17, 15) is 19.8 Å². The molecular formula is C18H22I2O6. The van der Waals surface area contributed by atoms with E-state index in [0.29, 0.717) is 0 Å². The van der Waals surface area contributed by atoms with E-state index in [1.54, 1.807) is 13.8 Å². The van der Waals surface area contributed by atoms with Crippen molar-refractivity contribution in [3.63, 3.8) is 0 Å². The number of hydrogen-bond acceptors (Lipinski definition) is 6. The van der Waals surface area contributed by atoms with Crippen molar-refractivity contribution in [2.24, 2.45) is 46.3 Å². The lowest BCUT2D eigenvalue weighted by Crippen LogP contribution is -2.68. The number of esters is 2. The van der Waals surface area contributed by atoms with Gasteiger partial charge in [-0.1, -0.05) is 45.2 Å². The zero-order valence-corrected chi connectivity index (χ0v) is 18.8. The van der Waals surface area contributed by atoms with Crippen molar-refractivity contribution in [3.8, 4) is 0 Å². The highest BCUT2D eigenvalue weighted by atomic mass is 127. The van der Waals surface area contributed by atoms with Crippen LogP contribution in [-0.4, -0.2) is 55.4 Å². The van der Waals surface area contributed by atoms with Crippen LogP contribution in [0.15, 0.2) is 0 Å². The van der Waals surface area contributed by atoms with E-state index in [-0.39, 0.29) is 68.5 Å². The summed E-state index contributed by atoms with van der Waals surface area (Å²) in [5, 5.41) is 21.9. The smallest absolute Gasteiger partial charge is 0.313 e. The minimum absolute atomic E-state index is 0.0881. The van der Waals surface area contributed by atoms with E-state index in [4.69, 9.17) is 9.47 Å². The first-order valence-corrected chi connectivity index (χ1v) is 11.8. The molecule has 12 atom stereocenters. The number of aliphatic hydroxyl groups is 2. The van der Waals surface area contributed by atoms with Gasteiger partial charge >= 0.3 is 11.9 Å². The van der Waals surface area contributed by atoms with Gasteiger partial charge in [0.25, 0.3) is 0 Å². The topological polar surface area (TPSA) is 93.1 Å². The summed E-state index contributed by atoms with van der Waals surface area (Å²) in [5.41, 5.74) is -2.10. The van der Waals surface area contributed by atoms with E-state index in [0.717, 1.165) is 0 Å². The van der Waals surface area contributed by atoms with Crippen LogP contribution in [-0.2, 0) is 19.1 Å². The molecule has 0 radical (unpaired) electrons. The number of aliphatic hydroxyl groups excluding tert-OH is 2. The predicted octanol–water partition coefficient (Wildman–Crippen LogP) is 1.18. The van der Waals surface area contributed by atoms with Gasteiger partial charge < -0.3 is 19.7 Å². The Morgan fingerprint density at radius 2 is 1.15 bits per heavy atom. The molecule has 0 heterocycles. The average Bonchev–Trinajstić information content (AvgIpc) is 3.34. The van der Waals surface area contributed by atoms with Crippen LogP contribution < -0.4 is 0 Å². The molecule has 6 saturated carbocycles. The molecule has 0 saturated heterocycles. The molecule has 0 aromatic rings. The van der Waals surface area contributed by atoms with Gasteiger partial charge in [-0.2, -0.15) is 0 Å². The molecule has 0 spiro atoms.